The highest BCUT2D eigenvalue weighted by Gasteiger charge is 2.22. The van der Waals surface area contributed by atoms with Crippen molar-refractivity contribution in [3.8, 4) is 0 Å². The molecule has 1 heterocycles. The van der Waals surface area contributed by atoms with Gasteiger partial charge in [0.05, 0.1) is 12.2 Å². The zero-order valence-electron chi connectivity index (χ0n) is 16.5. The minimum absolute atomic E-state index is 0.185. The van der Waals surface area contributed by atoms with E-state index >= 15 is 0 Å². The summed E-state index contributed by atoms with van der Waals surface area (Å²) in [6, 6.07) is 22.3. The predicted octanol–water partition coefficient (Wildman–Crippen LogP) is 4.48. The van der Waals surface area contributed by atoms with E-state index in [1.165, 1.54) is 23.4 Å². The van der Waals surface area contributed by atoms with Crippen molar-refractivity contribution in [3.63, 3.8) is 0 Å². The second kappa shape index (κ2) is 9.01. The zero-order valence-corrected chi connectivity index (χ0v) is 16.5. The lowest BCUT2D eigenvalue weighted by atomic mass is 10.0. The lowest BCUT2D eigenvalue weighted by molar-refractivity contribution is -0.946. The van der Waals surface area contributed by atoms with Crippen molar-refractivity contribution in [3.05, 3.63) is 95.6 Å². The van der Waals surface area contributed by atoms with Gasteiger partial charge in [0, 0.05) is 24.2 Å². The Hall–Kier alpha value is -2.39. The number of rotatable bonds is 8. The Morgan fingerprint density at radius 3 is 2.26 bits per heavy atom. The standard InChI is InChI=1S/C24H29FN2/c1-19(2)16-27(20(3)22-8-5-4-6-9-22)18-24-10-7-15-26(24)17-21-11-13-23(25)14-12-21/h4-15,19-20H,16-18H2,1-3H3/p+1/t20-/m1/s1. The Morgan fingerprint density at radius 2 is 1.59 bits per heavy atom. The highest BCUT2D eigenvalue weighted by Crippen LogP contribution is 2.12. The average molecular weight is 366 g/mol. The van der Waals surface area contributed by atoms with Crippen LogP contribution in [0.25, 0.3) is 0 Å². The molecule has 0 radical (unpaired) electrons. The molecule has 2 nitrogen and oxygen atoms in total. The van der Waals surface area contributed by atoms with E-state index in [4.69, 9.17) is 0 Å². The molecule has 0 bridgehead atoms. The highest BCUT2D eigenvalue weighted by molar-refractivity contribution is 5.19. The molecule has 3 aromatic rings. The molecule has 0 aliphatic rings. The number of quaternary nitrogens is 1. The van der Waals surface area contributed by atoms with Crippen LogP contribution in [0.5, 0.6) is 0 Å². The molecule has 142 valence electrons. The maximum atomic E-state index is 13.2. The minimum atomic E-state index is -0.185. The molecule has 27 heavy (non-hydrogen) atoms. The molecule has 1 N–H and O–H groups in total. The third-order valence-corrected chi connectivity index (χ3v) is 5.18. The molecule has 0 saturated carbocycles. The highest BCUT2D eigenvalue weighted by atomic mass is 19.1. The summed E-state index contributed by atoms with van der Waals surface area (Å²) in [6.45, 7) is 9.77. The maximum Gasteiger partial charge on any atom is 0.123 e. The summed E-state index contributed by atoms with van der Waals surface area (Å²) < 4.78 is 15.5. The number of benzene rings is 2. The summed E-state index contributed by atoms with van der Waals surface area (Å²) in [5.41, 5.74) is 3.82. The molecule has 3 heteroatoms. The van der Waals surface area contributed by atoms with Crippen molar-refractivity contribution < 1.29 is 9.29 Å². The number of aromatic nitrogens is 1. The van der Waals surface area contributed by atoms with Crippen LogP contribution in [0.15, 0.2) is 72.9 Å². The van der Waals surface area contributed by atoms with Crippen molar-refractivity contribution in [2.24, 2.45) is 5.92 Å². The number of hydrogen-bond acceptors (Lipinski definition) is 0. The topological polar surface area (TPSA) is 9.37 Å². The van der Waals surface area contributed by atoms with Crippen LogP contribution in [-0.2, 0) is 13.1 Å². The molecular weight excluding hydrogens is 335 g/mol. The Kier molecular flexibility index (Phi) is 6.46. The molecule has 3 rings (SSSR count). The molecule has 1 unspecified atom stereocenters. The molecule has 0 amide bonds. The van der Waals surface area contributed by atoms with Crippen molar-refractivity contribution >= 4 is 0 Å². The fourth-order valence-corrected chi connectivity index (χ4v) is 3.69. The normalized spacial score (nSPS) is 13.7. The third-order valence-electron chi connectivity index (χ3n) is 5.18. The quantitative estimate of drug-likeness (QED) is 0.603. The van der Waals surface area contributed by atoms with Gasteiger partial charge in [-0.1, -0.05) is 56.3 Å². The van der Waals surface area contributed by atoms with E-state index in [-0.39, 0.29) is 5.82 Å². The van der Waals surface area contributed by atoms with Crippen LogP contribution in [0.1, 0.15) is 43.6 Å². The minimum Gasteiger partial charge on any atom is -0.342 e. The summed E-state index contributed by atoms with van der Waals surface area (Å²) in [6.07, 6.45) is 2.12. The molecule has 0 aliphatic carbocycles. The SMILES string of the molecule is CC(C)C[NH+](Cc1cccn1Cc1ccc(F)cc1)[C@H](C)c1ccccc1. The summed E-state index contributed by atoms with van der Waals surface area (Å²) in [7, 11) is 0. The van der Waals surface area contributed by atoms with Gasteiger partial charge in [0.1, 0.15) is 18.4 Å². The first kappa shape index (κ1) is 19.4. The van der Waals surface area contributed by atoms with E-state index < -0.39 is 0 Å². The van der Waals surface area contributed by atoms with Crippen LogP contribution in [0.2, 0.25) is 0 Å². The molecule has 0 saturated heterocycles. The van der Waals surface area contributed by atoms with E-state index in [0.717, 1.165) is 25.2 Å². The molecule has 0 fully saturated rings. The molecule has 0 aliphatic heterocycles. The van der Waals surface area contributed by atoms with Crippen LogP contribution in [0, 0.1) is 11.7 Å². The number of hydrogen-bond donors (Lipinski definition) is 1. The van der Waals surface area contributed by atoms with Gasteiger partial charge in [-0.05, 0) is 36.8 Å². The first-order chi connectivity index (χ1) is 13.0. The van der Waals surface area contributed by atoms with Crippen LogP contribution in [-0.4, -0.2) is 11.1 Å². The van der Waals surface area contributed by atoms with E-state index in [9.17, 15) is 4.39 Å². The number of nitrogens with one attached hydrogen (secondary N) is 1. The lowest BCUT2D eigenvalue weighted by Crippen LogP contribution is -3.11. The second-order valence-electron chi connectivity index (χ2n) is 7.82. The average Bonchev–Trinajstić information content (AvgIpc) is 3.09. The van der Waals surface area contributed by atoms with E-state index in [2.05, 4.69) is 74.0 Å². The van der Waals surface area contributed by atoms with Gasteiger partial charge in [0.25, 0.3) is 0 Å². The summed E-state index contributed by atoms with van der Waals surface area (Å²) >= 11 is 0. The van der Waals surface area contributed by atoms with Gasteiger partial charge in [-0.25, -0.2) is 4.39 Å². The van der Waals surface area contributed by atoms with Gasteiger partial charge in [0.15, 0.2) is 0 Å². The maximum absolute atomic E-state index is 13.2. The second-order valence-corrected chi connectivity index (χ2v) is 7.82. The fraction of sp³-hybridized carbons (Fsp3) is 0.333. The Balaban J connectivity index is 1.78. The fourth-order valence-electron chi connectivity index (χ4n) is 3.69. The Morgan fingerprint density at radius 1 is 0.889 bits per heavy atom. The van der Waals surface area contributed by atoms with Crippen molar-refractivity contribution in [1.29, 1.82) is 0 Å². The number of nitrogens with zero attached hydrogens (tertiary/aromatic N) is 1. The van der Waals surface area contributed by atoms with Crippen LogP contribution in [0.3, 0.4) is 0 Å². The van der Waals surface area contributed by atoms with Gasteiger partial charge >= 0.3 is 0 Å². The first-order valence-corrected chi connectivity index (χ1v) is 9.81. The summed E-state index contributed by atoms with van der Waals surface area (Å²) in [4.78, 5) is 1.57. The molecular formula is C24H30FN2+. The predicted molar refractivity (Wildman–Crippen MR) is 109 cm³/mol. The van der Waals surface area contributed by atoms with E-state index in [0.29, 0.717) is 12.0 Å². The zero-order chi connectivity index (χ0) is 19.2. The Labute approximate surface area is 162 Å². The molecule has 2 atom stereocenters. The largest absolute Gasteiger partial charge is 0.342 e. The monoisotopic (exact) mass is 365 g/mol. The van der Waals surface area contributed by atoms with Crippen molar-refractivity contribution in [2.45, 2.75) is 39.9 Å². The van der Waals surface area contributed by atoms with Gasteiger partial charge in [-0.15, -0.1) is 0 Å². The Bertz CT molecular complexity index is 821. The van der Waals surface area contributed by atoms with E-state index in [1.807, 2.05) is 12.1 Å². The molecule has 1 aromatic heterocycles. The van der Waals surface area contributed by atoms with Gasteiger partial charge in [0.2, 0.25) is 0 Å². The number of halogens is 1. The first-order valence-electron chi connectivity index (χ1n) is 9.81. The van der Waals surface area contributed by atoms with Crippen LogP contribution in [0.4, 0.5) is 4.39 Å². The van der Waals surface area contributed by atoms with Crippen LogP contribution < -0.4 is 4.90 Å². The summed E-state index contributed by atoms with van der Waals surface area (Å²) in [5.74, 6) is 0.447. The van der Waals surface area contributed by atoms with Crippen molar-refractivity contribution in [2.75, 3.05) is 6.54 Å². The summed E-state index contributed by atoms with van der Waals surface area (Å²) in [5, 5.41) is 0. The smallest absolute Gasteiger partial charge is 0.123 e. The molecule has 2 aromatic carbocycles. The third kappa shape index (κ3) is 5.30. The van der Waals surface area contributed by atoms with E-state index in [1.54, 1.807) is 4.90 Å². The van der Waals surface area contributed by atoms with Gasteiger partial charge < -0.3 is 9.47 Å². The van der Waals surface area contributed by atoms with Crippen molar-refractivity contribution in [1.82, 2.24) is 4.57 Å². The molecule has 0 spiro atoms. The van der Waals surface area contributed by atoms with Crippen LogP contribution >= 0.6 is 0 Å². The van der Waals surface area contributed by atoms with Gasteiger partial charge in [-0.3, -0.25) is 0 Å². The lowest BCUT2D eigenvalue weighted by Gasteiger charge is -2.28. The van der Waals surface area contributed by atoms with Gasteiger partial charge in [-0.2, -0.15) is 0 Å².